The molecule has 1 N–H and O–H groups in total. The zero-order valence-corrected chi connectivity index (χ0v) is 18.4. The molecule has 2 aromatic carbocycles. The minimum atomic E-state index is -3.91. The van der Waals surface area contributed by atoms with Crippen molar-refractivity contribution in [2.45, 2.75) is 23.8 Å². The van der Waals surface area contributed by atoms with Gasteiger partial charge in [-0.1, -0.05) is 11.6 Å². The predicted molar refractivity (Wildman–Crippen MR) is 113 cm³/mol. The Balaban J connectivity index is 1.83. The van der Waals surface area contributed by atoms with E-state index in [2.05, 4.69) is 5.32 Å². The molecule has 0 spiro atoms. The van der Waals surface area contributed by atoms with Crippen molar-refractivity contribution in [2.75, 3.05) is 33.2 Å². The number of anilines is 1. The molecule has 8 nitrogen and oxygen atoms in total. The number of methoxy groups -OCH3 is 3. The maximum atomic E-state index is 13.2. The van der Waals surface area contributed by atoms with Crippen molar-refractivity contribution in [2.24, 2.45) is 0 Å². The lowest BCUT2D eigenvalue weighted by Gasteiger charge is -2.24. The third kappa shape index (κ3) is 4.33. The summed E-state index contributed by atoms with van der Waals surface area (Å²) >= 11 is 6.10. The van der Waals surface area contributed by atoms with Crippen molar-refractivity contribution < 1.29 is 27.4 Å². The lowest BCUT2D eigenvalue weighted by atomic mass is 10.2. The number of rotatable bonds is 7. The Morgan fingerprint density at radius 1 is 1.03 bits per heavy atom. The SMILES string of the molecule is COc1ccc(NC(=O)C2CCCN2S(=O)(=O)c2ccc(OC)c(OC)c2)cc1Cl. The number of nitrogens with zero attached hydrogens (tertiary/aromatic N) is 1. The second-order valence-electron chi connectivity index (χ2n) is 6.63. The van der Waals surface area contributed by atoms with Crippen LogP contribution < -0.4 is 19.5 Å². The van der Waals surface area contributed by atoms with Crippen molar-refractivity contribution in [3.63, 3.8) is 0 Å². The quantitative estimate of drug-likeness (QED) is 0.690. The fraction of sp³-hybridized carbons (Fsp3) is 0.350. The number of carbonyl (C=O) groups is 1. The maximum Gasteiger partial charge on any atom is 0.243 e. The van der Waals surface area contributed by atoms with E-state index in [0.717, 1.165) is 0 Å². The second kappa shape index (κ2) is 9.11. The summed E-state index contributed by atoms with van der Waals surface area (Å²) in [7, 11) is 0.486. The van der Waals surface area contributed by atoms with Crippen LogP contribution in [0, 0.1) is 0 Å². The van der Waals surface area contributed by atoms with E-state index in [-0.39, 0.29) is 11.4 Å². The van der Waals surface area contributed by atoms with E-state index in [1.165, 1.54) is 43.8 Å². The van der Waals surface area contributed by atoms with Crippen LogP contribution in [0.4, 0.5) is 5.69 Å². The Labute approximate surface area is 180 Å². The Morgan fingerprint density at radius 3 is 2.33 bits per heavy atom. The highest BCUT2D eigenvalue weighted by Gasteiger charge is 2.39. The number of sulfonamides is 1. The van der Waals surface area contributed by atoms with Crippen LogP contribution in [0.25, 0.3) is 0 Å². The van der Waals surface area contributed by atoms with Crippen molar-refractivity contribution in [1.29, 1.82) is 0 Å². The first-order valence-corrected chi connectivity index (χ1v) is 11.0. The average molecular weight is 455 g/mol. The molecule has 3 rings (SSSR count). The van der Waals surface area contributed by atoms with Crippen LogP contribution in [-0.4, -0.2) is 52.5 Å². The Morgan fingerprint density at radius 2 is 1.70 bits per heavy atom. The molecule has 0 aromatic heterocycles. The molecule has 0 aliphatic carbocycles. The molecule has 0 radical (unpaired) electrons. The zero-order valence-electron chi connectivity index (χ0n) is 16.8. The fourth-order valence-corrected chi connectivity index (χ4v) is 5.30. The van der Waals surface area contributed by atoms with Crippen LogP contribution >= 0.6 is 11.6 Å². The monoisotopic (exact) mass is 454 g/mol. The van der Waals surface area contributed by atoms with Gasteiger partial charge in [-0.3, -0.25) is 4.79 Å². The number of hydrogen-bond acceptors (Lipinski definition) is 6. The molecule has 1 amide bonds. The number of ether oxygens (including phenoxy) is 3. The maximum absolute atomic E-state index is 13.2. The van der Waals surface area contributed by atoms with Crippen molar-refractivity contribution >= 4 is 33.2 Å². The fourth-order valence-electron chi connectivity index (χ4n) is 3.37. The molecule has 10 heteroatoms. The summed E-state index contributed by atoms with van der Waals surface area (Å²) in [5.74, 6) is 0.779. The van der Waals surface area contributed by atoms with Gasteiger partial charge in [-0.25, -0.2) is 8.42 Å². The van der Waals surface area contributed by atoms with Crippen molar-refractivity contribution in [1.82, 2.24) is 4.31 Å². The van der Waals surface area contributed by atoms with E-state index in [9.17, 15) is 13.2 Å². The van der Waals surface area contributed by atoms with Gasteiger partial charge in [0, 0.05) is 18.3 Å². The lowest BCUT2D eigenvalue weighted by molar-refractivity contribution is -0.119. The van der Waals surface area contributed by atoms with Gasteiger partial charge in [0.2, 0.25) is 15.9 Å². The predicted octanol–water partition coefficient (Wildman–Crippen LogP) is 3.16. The van der Waals surface area contributed by atoms with Gasteiger partial charge in [-0.05, 0) is 43.2 Å². The standard InChI is InChI=1S/C20H23ClN2O6S/c1-27-17-8-6-13(11-15(17)21)22-20(24)16-5-4-10-23(16)30(25,26)14-7-9-18(28-2)19(12-14)29-3/h6-9,11-12,16H,4-5,10H2,1-3H3,(H,22,24). The minimum absolute atomic E-state index is 0.0346. The van der Waals surface area contributed by atoms with Gasteiger partial charge >= 0.3 is 0 Å². The van der Waals surface area contributed by atoms with Crippen LogP contribution in [0.5, 0.6) is 17.2 Å². The Kier molecular flexibility index (Phi) is 6.74. The minimum Gasteiger partial charge on any atom is -0.495 e. The molecular formula is C20H23ClN2O6S. The molecule has 1 atom stereocenters. The van der Waals surface area contributed by atoms with E-state index in [0.29, 0.717) is 40.8 Å². The van der Waals surface area contributed by atoms with Crippen LogP contribution in [0.3, 0.4) is 0 Å². The second-order valence-corrected chi connectivity index (χ2v) is 8.93. The normalized spacial score (nSPS) is 16.9. The molecule has 1 heterocycles. The highest BCUT2D eigenvalue weighted by Crippen LogP contribution is 2.33. The highest BCUT2D eigenvalue weighted by atomic mass is 35.5. The molecule has 1 aliphatic heterocycles. The van der Waals surface area contributed by atoms with Crippen molar-refractivity contribution in [3.05, 3.63) is 41.4 Å². The lowest BCUT2D eigenvalue weighted by Crippen LogP contribution is -2.43. The molecule has 1 unspecified atom stereocenters. The molecular weight excluding hydrogens is 432 g/mol. The Bertz CT molecular complexity index is 1040. The highest BCUT2D eigenvalue weighted by molar-refractivity contribution is 7.89. The largest absolute Gasteiger partial charge is 0.495 e. The van der Waals surface area contributed by atoms with Crippen LogP contribution in [0.15, 0.2) is 41.3 Å². The first-order valence-electron chi connectivity index (χ1n) is 9.20. The number of benzene rings is 2. The number of hydrogen-bond donors (Lipinski definition) is 1. The zero-order chi connectivity index (χ0) is 21.9. The summed E-state index contributed by atoms with van der Waals surface area (Å²) in [6, 6.07) is 8.35. The first kappa shape index (κ1) is 22.2. The smallest absolute Gasteiger partial charge is 0.243 e. The average Bonchev–Trinajstić information content (AvgIpc) is 3.24. The van der Waals surface area contributed by atoms with Gasteiger partial charge in [-0.15, -0.1) is 0 Å². The summed E-state index contributed by atoms with van der Waals surface area (Å²) in [6.45, 7) is 0.248. The summed E-state index contributed by atoms with van der Waals surface area (Å²) in [5.41, 5.74) is 0.459. The molecule has 1 aliphatic rings. The molecule has 30 heavy (non-hydrogen) atoms. The van der Waals surface area contributed by atoms with E-state index in [1.54, 1.807) is 18.2 Å². The topological polar surface area (TPSA) is 94.2 Å². The van der Waals surface area contributed by atoms with Gasteiger partial charge < -0.3 is 19.5 Å². The van der Waals surface area contributed by atoms with Crippen LogP contribution in [-0.2, 0) is 14.8 Å². The van der Waals surface area contributed by atoms with Crippen LogP contribution in [0.1, 0.15) is 12.8 Å². The third-order valence-corrected chi connectivity index (χ3v) is 7.09. The van der Waals surface area contributed by atoms with Gasteiger partial charge in [0.05, 0.1) is 31.2 Å². The molecule has 0 saturated carbocycles. The molecule has 2 aromatic rings. The number of carbonyl (C=O) groups excluding carboxylic acids is 1. The van der Waals surface area contributed by atoms with Gasteiger partial charge in [-0.2, -0.15) is 4.31 Å². The van der Waals surface area contributed by atoms with Crippen molar-refractivity contribution in [3.8, 4) is 17.2 Å². The molecule has 1 saturated heterocycles. The molecule has 0 bridgehead atoms. The van der Waals surface area contributed by atoms with E-state index >= 15 is 0 Å². The van der Waals surface area contributed by atoms with E-state index < -0.39 is 22.0 Å². The summed E-state index contributed by atoms with van der Waals surface area (Å²) in [4.78, 5) is 12.9. The number of nitrogens with one attached hydrogen (secondary N) is 1. The number of amides is 1. The summed E-state index contributed by atoms with van der Waals surface area (Å²) in [6.07, 6.45) is 0.996. The van der Waals surface area contributed by atoms with E-state index in [4.69, 9.17) is 25.8 Å². The summed E-state index contributed by atoms with van der Waals surface area (Å²) < 4.78 is 43.1. The van der Waals surface area contributed by atoms with Crippen LogP contribution in [0.2, 0.25) is 5.02 Å². The van der Waals surface area contributed by atoms with Gasteiger partial charge in [0.1, 0.15) is 11.8 Å². The van der Waals surface area contributed by atoms with Gasteiger partial charge in [0.15, 0.2) is 11.5 Å². The summed E-state index contributed by atoms with van der Waals surface area (Å²) in [5, 5.41) is 3.08. The third-order valence-electron chi connectivity index (χ3n) is 4.89. The first-order chi connectivity index (χ1) is 14.3. The Hall–Kier alpha value is -2.49. The molecule has 162 valence electrons. The van der Waals surface area contributed by atoms with E-state index in [1.807, 2.05) is 0 Å². The van der Waals surface area contributed by atoms with Gasteiger partial charge in [0.25, 0.3) is 0 Å². The molecule has 1 fully saturated rings. The number of halogens is 1.